The summed E-state index contributed by atoms with van der Waals surface area (Å²) in [5, 5.41) is 1.99. The van der Waals surface area contributed by atoms with Crippen LogP contribution in [0.4, 0.5) is 8.78 Å². The van der Waals surface area contributed by atoms with E-state index in [4.69, 9.17) is 0 Å². The SMILES string of the molecule is CCC(S)CCC(C)C1CCC(c2ccc(C3=C/C(F)C#CC(F)/C(P)=C\3)c(P)c2)CC1. The van der Waals surface area contributed by atoms with Crippen LogP contribution in [0.2, 0.25) is 0 Å². The predicted molar refractivity (Wildman–Crippen MR) is 145 cm³/mol. The molecule has 0 amide bonds. The minimum absolute atomic E-state index is 0.430. The monoisotopic (exact) mass is 492 g/mol. The average molecular weight is 493 g/mol. The van der Waals surface area contributed by atoms with Gasteiger partial charge in [-0.15, -0.1) is 18.5 Å². The fourth-order valence-corrected chi connectivity index (χ4v) is 5.79. The molecule has 3 rings (SSSR count). The lowest BCUT2D eigenvalue weighted by Crippen LogP contribution is -2.20. The van der Waals surface area contributed by atoms with Gasteiger partial charge < -0.3 is 0 Å². The zero-order valence-corrected chi connectivity index (χ0v) is 22.4. The highest BCUT2D eigenvalue weighted by molar-refractivity contribution is 7.80. The predicted octanol–water partition coefficient (Wildman–Crippen LogP) is 7.42. The summed E-state index contributed by atoms with van der Waals surface area (Å²) < 4.78 is 28.1. The first-order valence-corrected chi connectivity index (χ1v) is 13.5. The van der Waals surface area contributed by atoms with Gasteiger partial charge in [0.15, 0.2) is 12.3 Å². The van der Waals surface area contributed by atoms with Gasteiger partial charge in [0.1, 0.15) is 0 Å². The molecule has 0 heterocycles. The second kappa shape index (κ2) is 12.2. The van der Waals surface area contributed by atoms with E-state index in [1.807, 2.05) is 0 Å². The maximum atomic E-state index is 14.1. The Bertz CT molecular complexity index is 906. The van der Waals surface area contributed by atoms with Crippen LogP contribution in [-0.2, 0) is 0 Å². The van der Waals surface area contributed by atoms with Gasteiger partial charge in [0.05, 0.1) is 0 Å². The third-order valence-corrected chi connectivity index (χ3v) is 8.71. The average Bonchev–Trinajstić information content (AvgIpc) is 2.79. The molecule has 0 spiro atoms. The molecule has 0 aromatic heterocycles. The Balaban J connectivity index is 1.66. The van der Waals surface area contributed by atoms with E-state index in [2.05, 4.69) is 75.0 Å². The second-order valence-electron chi connectivity index (χ2n) is 9.39. The van der Waals surface area contributed by atoms with Crippen molar-refractivity contribution in [3.8, 4) is 11.8 Å². The topological polar surface area (TPSA) is 0 Å². The first kappa shape index (κ1) is 25.9. The number of hydrogen-bond donors (Lipinski definition) is 1. The van der Waals surface area contributed by atoms with Crippen LogP contribution in [0, 0.1) is 23.7 Å². The zero-order chi connectivity index (χ0) is 23.3. The molecule has 5 heteroatoms. The first-order chi connectivity index (χ1) is 15.3. The van der Waals surface area contributed by atoms with Crippen LogP contribution in [0.3, 0.4) is 0 Å². The molecule has 0 radical (unpaired) electrons. The lowest BCUT2D eigenvalue weighted by atomic mass is 9.73. The van der Waals surface area contributed by atoms with Crippen molar-refractivity contribution in [1.29, 1.82) is 0 Å². The standard InChI is InChI=1S/C27H36F2P2S/c1-3-23(32)11-4-17(2)18-5-7-19(8-6-18)20-9-12-24(26(30)15-20)21-14-22(28)10-13-25(29)27(31)16-21/h9,12,14-19,22-23,25,32H,3-8,11,30-31H2,1-2H3/b21-14+,27-16+. The van der Waals surface area contributed by atoms with Gasteiger partial charge in [0, 0.05) is 5.25 Å². The molecule has 1 fully saturated rings. The Morgan fingerprint density at radius 1 is 1.09 bits per heavy atom. The smallest absolute Gasteiger partial charge is 0.185 e. The highest BCUT2D eigenvalue weighted by Crippen LogP contribution is 2.40. The van der Waals surface area contributed by atoms with Gasteiger partial charge in [0.2, 0.25) is 0 Å². The third kappa shape index (κ3) is 6.92. The van der Waals surface area contributed by atoms with E-state index in [0.29, 0.717) is 22.1 Å². The van der Waals surface area contributed by atoms with Gasteiger partial charge >= 0.3 is 0 Å². The Labute approximate surface area is 203 Å². The summed E-state index contributed by atoms with van der Waals surface area (Å²) in [6.45, 7) is 4.63. The molecule has 32 heavy (non-hydrogen) atoms. The first-order valence-electron chi connectivity index (χ1n) is 11.8. The van der Waals surface area contributed by atoms with Gasteiger partial charge in [-0.2, -0.15) is 12.6 Å². The number of hydrogen-bond acceptors (Lipinski definition) is 1. The maximum absolute atomic E-state index is 14.1. The molecule has 0 N–H and O–H groups in total. The fourth-order valence-electron chi connectivity index (χ4n) is 4.92. The number of rotatable bonds is 7. The molecular formula is C27H36F2P2S. The Kier molecular flexibility index (Phi) is 9.85. The third-order valence-electron chi connectivity index (χ3n) is 7.15. The minimum atomic E-state index is -1.46. The lowest BCUT2D eigenvalue weighted by Gasteiger charge is -2.33. The summed E-state index contributed by atoms with van der Waals surface area (Å²) in [5.74, 6) is 6.83. The van der Waals surface area contributed by atoms with Crippen molar-refractivity contribution >= 4 is 42.0 Å². The van der Waals surface area contributed by atoms with E-state index < -0.39 is 12.3 Å². The summed E-state index contributed by atoms with van der Waals surface area (Å²) in [4.78, 5) is 0. The molecule has 2 aliphatic carbocycles. The van der Waals surface area contributed by atoms with Crippen molar-refractivity contribution in [2.24, 2.45) is 11.8 Å². The molecule has 0 nitrogen and oxygen atoms in total. The van der Waals surface area contributed by atoms with Crippen LogP contribution in [-0.4, -0.2) is 17.6 Å². The quantitative estimate of drug-likeness (QED) is 0.229. The maximum Gasteiger partial charge on any atom is 0.185 e. The van der Waals surface area contributed by atoms with Gasteiger partial charge in [-0.25, -0.2) is 8.78 Å². The van der Waals surface area contributed by atoms with Crippen LogP contribution < -0.4 is 5.30 Å². The number of alkyl halides is 2. The molecule has 0 bridgehead atoms. The van der Waals surface area contributed by atoms with Crippen LogP contribution >= 0.6 is 31.1 Å². The summed E-state index contributed by atoms with van der Waals surface area (Å²) >= 11 is 4.66. The Morgan fingerprint density at radius 3 is 2.47 bits per heavy atom. The molecule has 0 aliphatic heterocycles. The lowest BCUT2D eigenvalue weighted by molar-refractivity contribution is 0.232. The highest BCUT2D eigenvalue weighted by Gasteiger charge is 2.26. The van der Waals surface area contributed by atoms with Crippen LogP contribution in [0.15, 0.2) is 35.7 Å². The van der Waals surface area contributed by atoms with Gasteiger partial charge in [-0.05, 0) is 102 Å². The summed E-state index contributed by atoms with van der Waals surface area (Å²) in [5.41, 5.74) is 2.95. The largest absolute Gasteiger partial charge is 0.229 e. The molecule has 0 saturated heterocycles. The molecule has 6 unspecified atom stereocenters. The summed E-state index contributed by atoms with van der Waals surface area (Å²) in [7, 11) is 5.18. The minimum Gasteiger partial charge on any atom is -0.229 e. The normalized spacial score (nSPS) is 31.1. The van der Waals surface area contributed by atoms with Crippen LogP contribution in [0.25, 0.3) is 5.57 Å². The number of thiol groups is 1. The van der Waals surface area contributed by atoms with Crippen molar-refractivity contribution in [2.45, 2.75) is 82.3 Å². The van der Waals surface area contributed by atoms with Crippen molar-refractivity contribution in [3.05, 3.63) is 46.8 Å². The van der Waals surface area contributed by atoms with Crippen LogP contribution in [0.1, 0.15) is 75.8 Å². The summed E-state index contributed by atoms with van der Waals surface area (Å²) in [6, 6.07) is 6.44. The number of benzene rings is 1. The zero-order valence-electron chi connectivity index (χ0n) is 19.2. The van der Waals surface area contributed by atoms with E-state index in [-0.39, 0.29) is 0 Å². The Hall–Kier alpha value is -0.670. The Morgan fingerprint density at radius 2 is 1.81 bits per heavy atom. The molecule has 174 valence electrons. The van der Waals surface area contributed by atoms with Crippen molar-refractivity contribution < 1.29 is 8.78 Å². The van der Waals surface area contributed by atoms with Gasteiger partial charge in [0.25, 0.3) is 0 Å². The van der Waals surface area contributed by atoms with E-state index in [9.17, 15) is 8.78 Å². The molecular weight excluding hydrogens is 456 g/mol. The van der Waals surface area contributed by atoms with E-state index in [1.165, 1.54) is 50.2 Å². The van der Waals surface area contributed by atoms with E-state index in [1.54, 1.807) is 6.08 Å². The number of halogens is 2. The van der Waals surface area contributed by atoms with Gasteiger partial charge in [-0.3, -0.25) is 0 Å². The van der Waals surface area contributed by atoms with E-state index in [0.717, 1.165) is 29.1 Å². The molecule has 6 atom stereocenters. The fraction of sp³-hybridized carbons (Fsp3) is 0.556. The highest BCUT2D eigenvalue weighted by atomic mass is 32.1. The molecule has 2 aliphatic rings. The molecule has 1 aromatic rings. The molecule has 1 aromatic carbocycles. The molecule has 1 saturated carbocycles. The van der Waals surface area contributed by atoms with Crippen molar-refractivity contribution in [1.82, 2.24) is 0 Å². The van der Waals surface area contributed by atoms with E-state index >= 15 is 0 Å². The second-order valence-corrected chi connectivity index (χ2v) is 11.4. The number of allylic oxidation sites excluding steroid dienone is 4. The van der Waals surface area contributed by atoms with Gasteiger partial charge in [-0.1, -0.05) is 43.9 Å². The van der Waals surface area contributed by atoms with Crippen molar-refractivity contribution in [2.75, 3.05) is 0 Å². The van der Waals surface area contributed by atoms with Crippen molar-refractivity contribution in [3.63, 3.8) is 0 Å². The summed E-state index contributed by atoms with van der Waals surface area (Å²) in [6.07, 6.45) is 8.92. The van der Waals surface area contributed by atoms with Crippen LogP contribution in [0.5, 0.6) is 0 Å².